The molecule has 2 fully saturated rings. The first kappa shape index (κ1) is 23.5. The number of amides is 2. The second-order valence-corrected chi connectivity index (χ2v) is 8.98. The zero-order valence-corrected chi connectivity index (χ0v) is 19.3. The highest BCUT2D eigenvalue weighted by atomic mass is 16.5. The van der Waals surface area contributed by atoms with E-state index >= 15 is 0 Å². The Balaban J connectivity index is 1.28. The molecular formula is C27H35N3O3. The van der Waals surface area contributed by atoms with Crippen LogP contribution in [0.2, 0.25) is 0 Å². The molecule has 2 heterocycles. The van der Waals surface area contributed by atoms with E-state index in [0.29, 0.717) is 32.5 Å². The van der Waals surface area contributed by atoms with Crippen molar-refractivity contribution in [2.24, 2.45) is 5.92 Å². The second-order valence-electron chi connectivity index (χ2n) is 8.98. The lowest BCUT2D eigenvalue weighted by atomic mass is 9.88. The Labute approximate surface area is 196 Å². The lowest BCUT2D eigenvalue weighted by Gasteiger charge is -2.34. The molecule has 1 N–H and O–H groups in total. The van der Waals surface area contributed by atoms with Crippen LogP contribution in [0.4, 0.5) is 0 Å². The third-order valence-electron chi connectivity index (χ3n) is 6.80. The van der Waals surface area contributed by atoms with Crippen LogP contribution < -0.4 is 5.32 Å². The minimum Gasteiger partial charge on any atom is -0.379 e. The van der Waals surface area contributed by atoms with Gasteiger partial charge >= 0.3 is 0 Å². The van der Waals surface area contributed by atoms with Crippen molar-refractivity contribution >= 4 is 11.8 Å². The summed E-state index contributed by atoms with van der Waals surface area (Å²) < 4.78 is 5.40. The Bertz CT molecular complexity index is 844. The van der Waals surface area contributed by atoms with Crippen molar-refractivity contribution in [3.8, 4) is 0 Å². The summed E-state index contributed by atoms with van der Waals surface area (Å²) in [6.07, 6.45) is 1.93. The van der Waals surface area contributed by atoms with E-state index in [2.05, 4.69) is 58.7 Å². The average Bonchev–Trinajstić information content (AvgIpc) is 2.87. The molecule has 1 atom stereocenters. The summed E-state index contributed by atoms with van der Waals surface area (Å²) in [6, 6.07) is 20.9. The summed E-state index contributed by atoms with van der Waals surface area (Å²) in [6.45, 7) is 6.01. The van der Waals surface area contributed by atoms with Gasteiger partial charge in [0.25, 0.3) is 0 Å². The Kier molecular flexibility index (Phi) is 8.50. The highest BCUT2D eigenvalue weighted by Crippen LogP contribution is 2.27. The standard InChI is InChI=1S/C27H35N3O3/c31-26-12-11-24(21-30(26)16-15-29-17-19-33-20-18-29)27(32)28-14-13-25(22-7-3-1-4-8-22)23-9-5-2-6-10-23/h1-10,24-25H,11-21H2,(H,28,32)/t24-/m0/s1. The van der Waals surface area contributed by atoms with Gasteiger partial charge in [-0.2, -0.15) is 0 Å². The van der Waals surface area contributed by atoms with Crippen LogP contribution in [0.3, 0.4) is 0 Å². The van der Waals surface area contributed by atoms with Crippen molar-refractivity contribution in [2.45, 2.75) is 25.2 Å². The fourth-order valence-electron chi connectivity index (χ4n) is 4.81. The molecule has 6 nitrogen and oxygen atoms in total. The summed E-state index contributed by atoms with van der Waals surface area (Å²) >= 11 is 0. The van der Waals surface area contributed by atoms with Gasteiger partial charge in [-0.3, -0.25) is 14.5 Å². The van der Waals surface area contributed by atoms with Crippen LogP contribution in [0.25, 0.3) is 0 Å². The molecule has 4 rings (SSSR count). The number of carbonyl (C=O) groups is 2. The lowest BCUT2D eigenvalue weighted by Crippen LogP contribution is -2.49. The van der Waals surface area contributed by atoms with Crippen molar-refractivity contribution in [3.63, 3.8) is 0 Å². The molecule has 6 heteroatoms. The average molecular weight is 450 g/mol. The molecule has 2 aromatic rings. The molecule has 176 valence electrons. The van der Waals surface area contributed by atoms with Crippen LogP contribution in [0.15, 0.2) is 60.7 Å². The van der Waals surface area contributed by atoms with Gasteiger partial charge in [0.15, 0.2) is 0 Å². The molecule has 2 aliphatic rings. The van der Waals surface area contributed by atoms with E-state index in [0.717, 1.165) is 39.3 Å². The fourth-order valence-corrected chi connectivity index (χ4v) is 4.81. The number of hydrogen-bond acceptors (Lipinski definition) is 4. The van der Waals surface area contributed by atoms with Gasteiger partial charge in [0, 0.05) is 51.6 Å². The molecule has 2 aliphatic heterocycles. The van der Waals surface area contributed by atoms with Crippen LogP contribution >= 0.6 is 0 Å². The van der Waals surface area contributed by atoms with Crippen LogP contribution in [0, 0.1) is 5.92 Å². The monoisotopic (exact) mass is 449 g/mol. The minimum absolute atomic E-state index is 0.0683. The zero-order chi connectivity index (χ0) is 22.9. The van der Waals surface area contributed by atoms with Crippen molar-refractivity contribution in [1.82, 2.24) is 15.1 Å². The number of likely N-dealkylation sites (tertiary alicyclic amines) is 1. The number of hydrogen-bond donors (Lipinski definition) is 1. The van der Waals surface area contributed by atoms with Crippen LogP contribution in [0.1, 0.15) is 36.3 Å². The number of morpholine rings is 1. The number of rotatable bonds is 9. The van der Waals surface area contributed by atoms with E-state index in [1.165, 1.54) is 11.1 Å². The van der Waals surface area contributed by atoms with E-state index in [1.54, 1.807) is 0 Å². The molecule has 0 aliphatic carbocycles. The molecule has 2 aromatic carbocycles. The predicted octanol–water partition coefficient (Wildman–Crippen LogP) is 2.90. The predicted molar refractivity (Wildman–Crippen MR) is 129 cm³/mol. The Morgan fingerprint density at radius 1 is 0.970 bits per heavy atom. The molecule has 2 amide bonds. The first-order valence-electron chi connectivity index (χ1n) is 12.2. The first-order chi connectivity index (χ1) is 16.2. The molecule has 2 saturated heterocycles. The molecule has 33 heavy (non-hydrogen) atoms. The normalized spacial score (nSPS) is 19.6. The quantitative estimate of drug-likeness (QED) is 0.640. The maximum Gasteiger partial charge on any atom is 0.224 e. The summed E-state index contributed by atoms with van der Waals surface area (Å²) in [7, 11) is 0. The van der Waals surface area contributed by atoms with Crippen molar-refractivity contribution in [2.75, 3.05) is 52.5 Å². The molecule has 0 bridgehead atoms. The lowest BCUT2D eigenvalue weighted by molar-refractivity contribution is -0.138. The third kappa shape index (κ3) is 6.65. The molecule has 0 aromatic heterocycles. The largest absolute Gasteiger partial charge is 0.379 e. The minimum atomic E-state index is -0.126. The first-order valence-corrected chi connectivity index (χ1v) is 12.2. The van der Waals surface area contributed by atoms with Crippen LogP contribution in [0.5, 0.6) is 0 Å². The van der Waals surface area contributed by atoms with Gasteiger partial charge in [-0.15, -0.1) is 0 Å². The van der Waals surface area contributed by atoms with Crippen molar-refractivity contribution in [1.29, 1.82) is 0 Å². The van der Waals surface area contributed by atoms with Crippen LogP contribution in [-0.4, -0.2) is 74.1 Å². The molecule has 0 spiro atoms. The van der Waals surface area contributed by atoms with E-state index in [1.807, 2.05) is 17.0 Å². The van der Waals surface area contributed by atoms with E-state index in [-0.39, 0.29) is 23.7 Å². The fraction of sp³-hybridized carbons (Fsp3) is 0.481. The second kappa shape index (κ2) is 12.0. The Hall–Kier alpha value is -2.70. The van der Waals surface area contributed by atoms with Gasteiger partial charge in [-0.1, -0.05) is 60.7 Å². The summed E-state index contributed by atoms with van der Waals surface area (Å²) in [4.78, 5) is 29.5. The third-order valence-corrected chi connectivity index (χ3v) is 6.80. The highest BCUT2D eigenvalue weighted by Gasteiger charge is 2.30. The number of nitrogens with one attached hydrogen (secondary N) is 1. The maximum absolute atomic E-state index is 12.9. The number of ether oxygens (including phenoxy) is 1. The summed E-state index contributed by atoms with van der Waals surface area (Å²) in [5.41, 5.74) is 2.52. The van der Waals surface area contributed by atoms with Crippen LogP contribution in [-0.2, 0) is 14.3 Å². The number of piperidine rings is 1. The van der Waals surface area contributed by atoms with E-state index < -0.39 is 0 Å². The topological polar surface area (TPSA) is 61.9 Å². The molecule has 0 saturated carbocycles. The van der Waals surface area contributed by atoms with E-state index in [9.17, 15) is 9.59 Å². The van der Waals surface area contributed by atoms with Gasteiger partial charge in [-0.25, -0.2) is 0 Å². The van der Waals surface area contributed by atoms with E-state index in [4.69, 9.17) is 4.74 Å². The Morgan fingerprint density at radius 2 is 1.61 bits per heavy atom. The number of carbonyl (C=O) groups excluding carboxylic acids is 2. The molecule has 0 radical (unpaired) electrons. The summed E-state index contributed by atoms with van der Waals surface area (Å²) in [5.74, 6) is 0.351. The zero-order valence-electron chi connectivity index (χ0n) is 19.3. The van der Waals surface area contributed by atoms with Gasteiger partial charge in [0.2, 0.25) is 11.8 Å². The highest BCUT2D eigenvalue weighted by molar-refractivity contribution is 5.83. The molecule has 0 unspecified atom stereocenters. The smallest absolute Gasteiger partial charge is 0.224 e. The maximum atomic E-state index is 12.9. The summed E-state index contributed by atoms with van der Waals surface area (Å²) in [5, 5.41) is 3.16. The Morgan fingerprint density at radius 3 is 2.24 bits per heavy atom. The number of nitrogens with zero attached hydrogens (tertiary/aromatic N) is 2. The van der Waals surface area contributed by atoms with Gasteiger partial charge in [0.05, 0.1) is 19.1 Å². The molecular weight excluding hydrogens is 414 g/mol. The number of benzene rings is 2. The van der Waals surface area contributed by atoms with Gasteiger partial charge < -0.3 is 15.0 Å². The van der Waals surface area contributed by atoms with Crippen molar-refractivity contribution in [3.05, 3.63) is 71.8 Å². The van der Waals surface area contributed by atoms with Crippen molar-refractivity contribution < 1.29 is 14.3 Å². The van der Waals surface area contributed by atoms with Gasteiger partial charge in [0.1, 0.15) is 0 Å². The SMILES string of the molecule is O=C(NCCC(c1ccccc1)c1ccccc1)[C@H]1CCC(=O)N(CCN2CCOCC2)C1. The van der Waals surface area contributed by atoms with Gasteiger partial charge in [-0.05, 0) is 24.0 Å².